The molecule has 37 heavy (non-hydrogen) atoms. The Hall–Kier alpha value is -4.95. The van der Waals surface area contributed by atoms with Crippen molar-refractivity contribution in [2.24, 2.45) is 0 Å². The third-order valence-electron chi connectivity index (χ3n) is 7.28. The molecule has 0 unspecified atom stereocenters. The highest BCUT2D eigenvalue weighted by molar-refractivity contribution is 6.29. The fraction of sp³-hybridized carbons (Fsp3) is 0. The van der Waals surface area contributed by atoms with E-state index >= 15 is 0 Å². The van der Waals surface area contributed by atoms with Crippen LogP contribution in [-0.4, -0.2) is 6.29 Å². The van der Waals surface area contributed by atoms with Crippen LogP contribution in [0.25, 0.3) is 43.1 Å². The maximum absolute atomic E-state index is 11.4. The average molecular weight is 474 g/mol. The lowest BCUT2D eigenvalue weighted by Crippen LogP contribution is -2.11. The summed E-state index contributed by atoms with van der Waals surface area (Å²) in [6.07, 6.45) is 0.892. The molecule has 7 aromatic rings. The van der Waals surface area contributed by atoms with E-state index in [0.717, 1.165) is 23.3 Å². The second-order valence-electron chi connectivity index (χ2n) is 9.33. The van der Waals surface area contributed by atoms with Crippen LogP contribution >= 0.6 is 0 Å². The molecule has 0 spiro atoms. The topological polar surface area (TPSA) is 20.3 Å². The van der Waals surface area contributed by atoms with E-state index in [9.17, 15) is 4.79 Å². The Bertz CT molecular complexity index is 1900. The first-order chi connectivity index (χ1) is 18.3. The highest BCUT2D eigenvalue weighted by Gasteiger charge is 2.20. The molecule has 0 aliphatic rings. The van der Waals surface area contributed by atoms with Gasteiger partial charge in [0.15, 0.2) is 0 Å². The van der Waals surface area contributed by atoms with Crippen molar-refractivity contribution in [1.82, 2.24) is 0 Å². The van der Waals surface area contributed by atoms with Crippen molar-refractivity contribution in [2.45, 2.75) is 0 Å². The molecule has 0 saturated carbocycles. The number of hydrogen-bond acceptors (Lipinski definition) is 2. The van der Waals surface area contributed by atoms with Gasteiger partial charge in [0.05, 0.1) is 11.4 Å². The van der Waals surface area contributed by atoms with Gasteiger partial charge in [0.25, 0.3) is 0 Å². The zero-order chi connectivity index (χ0) is 24.8. The van der Waals surface area contributed by atoms with E-state index in [-0.39, 0.29) is 0 Å². The summed E-state index contributed by atoms with van der Waals surface area (Å²) in [6.45, 7) is 0. The van der Waals surface area contributed by atoms with Gasteiger partial charge in [-0.1, -0.05) is 97.1 Å². The molecule has 0 heterocycles. The fourth-order valence-corrected chi connectivity index (χ4v) is 5.64. The SMILES string of the molecule is O=Cc1ccc(N(c2cccc3ccccc23)c2cccc3c4ccccc4c4ccccc4c23)cc1. The van der Waals surface area contributed by atoms with Gasteiger partial charge >= 0.3 is 0 Å². The Balaban J connectivity index is 1.64. The minimum Gasteiger partial charge on any atom is -0.309 e. The molecule has 0 amide bonds. The Morgan fingerprint density at radius 1 is 0.432 bits per heavy atom. The van der Waals surface area contributed by atoms with Crippen LogP contribution in [0.2, 0.25) is 0 Å². The third kappa shape index (κ3) is 3.38. The molecule has 7 aromatic carbocycles. The largest absolute Gasteiger partial charge is 0.309 e. The molecule has 2 heteroatoms. The second-order valence-corrected chi connectivity index (χ2v) is 9.33. The van der Waals surface area contributed by atoms with Crippen molar-refractivity contribution in [2.75, 3.05) is 4.90 Å². The number of nitrogens with zero attached hydrogens (tertiary/aromatic N) is 1. The fourth-order valence-electron chi connectivity index (χ4n) is 5.64. The molecule has 0 aliphatic carbocycles. The molecule has 0 radical (unpaired) electrons. The minimum atomic E-state index is 0.663. The summed E-state index contributed by atoms with van der Waals surface area (Å²) in [5.74, 6) is 0. The van der Waals surface area contributed by atoms with Gasteiger partial charge in [-0.05, 0) is 68.7 Å². The summed E-state index contributed by atoms with van der Waals surface area (Å²) in [4.78, 5) is 13.8. The number of rotatable bonds is 4. The summed E-state index contributed by atoms with van der Waals surface area (Å²) < 4.78 is 0. The average Bonchev–Trinajstić information content (AvgIpc) is 2.98. The second kappa shape index (κ2) is 8.61. The van der Waals surface area contributed by atoms with E-state index in [1.165, 1.54) is 43.1 Å². The summed E-state index contributed by atoms with van der Waals surface area (Å²) in [7, 11) is 0. The van der Waals surface area contributed by atoms with Gasteiger partial charge in [-0.3, -0.25) is 4.79 Å². The Kier molecular flexibility index (Phi) is 4.97. The number of aldehydes is 1. The van der Waals surface area contributed by atoms with Crippen LogP contribution in [0.5, 0.6) is 0 Å². The van der Waals surface area contributed by atoms with E-state index in [1.54, 1.807) is 0 Å². The van der Waals surface area contributed by atoms with Crippen molar-refractivity contribution in [1.29, 1.82) is 0 Å². The van der Waals surface area contributed by atoms with Crippen LogP contribution in [0.15, 0.2) is 133 Å². The molecule has 0 fully saturated rings. The Morgan fingerprint density at radius 2 is 0.919 bits per heavy atom. The van der Waals surface area contributed by atoms with Gasteiger partial charge in [0.2, 0.25) is 0 Å². The number of hydrogen-bond donors (Lipinski definition) is 0. The van der Waals surface area contributed by atoms with Crippen molar-refractivity contribution in [3.8, 4) is 0 Å². The maximum atomic E-state index is 11.4. The van der Waals surface area contributed by atoms with Crippen molar-refractivity contribution in [3.63, 3.8) is 0 Å². The maximum Gasteiger partial charge on any atom is 0.150 e. The smallest absolute Gasteiger partial charge is 0.150 e. The normalized spacial score (nSPS) is 11.4. The molecule has 7 rings (SSSR count). The Morgan fingerprint density at radius 3 is 1.59 bits per heavy atom. The van der Waals surface area contributed by atoms with Crippen LogP contribution in [0.4, 0.5) is 17.1 Å². The highest BCUT2D eigenvalue weighted by Crippen LogP contribution is 2.45. The molecule has 0 bridgehead atoms. The molecule has 2 nitrogen and oxygen atoms in total. The first-order valence-corrected chi connectivity index (χ1v) is 12.5. The van der Waals surface area contributed by atoms with Gasteiger partial charge in [0, 0.05) is 22.0 Å². The third-order valence-corrected chi connectivity index (χ3v) is 7.28. The van der Waals surface area contributed by atoms with Crippen molar-refractivity contribution in [3.05, 3.63) is 139 Å². The summed E-state index contributed by atoms with van der Waals surface area (Å²) in [5.41, 5.74) is 3.87. The first-order valence-electron chi connectivity index (χ1n) is 12.5. The van der Waals surface area contributed by atoms with E-state index in [4.69, 9.17) is 0 Å². The summed E-state index contributed by atoms with van der Waals surface area (Å²) in [5, 5.41) is 9.76. The molecule has 174 valence electrons. The van der Waals surface area contributed by atoms with E-state index in [0.29, 0.717) is 5.56 Å². The van der Waals surface area contributed by atoms with E-state index in [2.05, 4.69) is 114 Å². The van der Waals surface area contributed by atoms with Crippen molar-refractivity contribution < 1.29 is 4.79 Å². The van der Waals surface area contributed by atoms with E-state index in [1.807, 2.05) is 24.3 Å². The molecule has 0 saturated heterocycles. The number of carbonyl (C=O) groups excluding carboxylic acids is 1. The number of carbonyl (C=O) groups is 1. The van der Waals surface area contributed by atoms with Gasteiger partial charge in [0.1, 0.15) is 6.29 Å². The lowest BCUT2D eigenvalue weighted by molar-refractivity contribution is 0.112. The quantitative estimate of drug-likeness (QED) is 0.187. The number of benzene rings is 7. The molecular formula is C35H23NO. The van der Waals surface area contributed by atoms with Crippen LogP contribution < -0.4 is 4.90 Å². The minimum absolute atomic E-state index is 0.663. The zero-order valence-electron chi connectivity index (χ0n) is 20.1. The van der Waals surface area contributed by atoms with Gasteiger partial charge < -0.3 is 4.90 Å². The lowest BCUT2D eigenvalue weighted by Gasteiger charge is -2.29. The van der Waals surface area contributed by atoms with Crippen LogP contribution in [-0.2, 0) is 0 Å². The van der Waals surface area contributed by atoms with Gasteiger partial charge in [-0.2, -0.15) is 0 Å². The predicted molar refractivity (Wildman–Crippen MR) is 157 cm³/mol. The van der Waals surface area contributed by atoms with Crippen molar-refractivity contribution >= 4 is 66.4 Å². The Labute approximate surface area is 215 Å². The molecule has 0 aromatic heterocycles. The van der Waals surface area contributed by atoms with Crippen LogP contribution in [0, 0.1) is 0 Å². The molecule has 0 atom stereocenters. The lowest BCUT2D eigenvalue weighted by atomic mass is 9.92. The monoisotopic (exact) mass is 473 g/mol. The summed E-state index contributed by atoms with van der Waals surface area (Å²) in [6, 6.07) is 46.7. The standard InChI is InChI=1S/C35H23NO/c37-23-24-19-21-26(22-20-24)36(33-17-7-10-25-9-1-2-11-27(25)33)34-18-8-16-32-30-13-4-3-12-28(30)29-14-5-6-15-31(29)35(32)34/h1-23H. The number of fused-ring (bicyclic) bond motifs is 7. The van der Waals surface area contributed by atoms with Gasteiger partial charge in [-0.15, -0.1) is 0 Å². The summed E-state index contributed by atoms with van der Waals surface area (Å²) >= 11 is 0. The molecule has 0 aliphatic heterocycles. The van der Waals surface area contributed by atoms with E-state index < -0.39 is 0 Å². The van der Waals surface area contributed by atoms with Gasteiger partial charge in [-0.25, -0.2) is 0 Å². The molecule has 0 N–H and O–H groups in total. The first kappa shape index (κ1) is 21.3. The molecular weight excluding hydrogens is 450 g/mol. The predicted octanol–water partition coefficient (Wildman–Crippen LogP) is 9.58. The zero-order valence-corrected chi connectivity index (χ0v) is 20.1. The number of anilines is 3. The highest BCUT2D eigenvalue weighted by atomic mass is 16.1. The van der Waals surface area contributed by atoms with Crippen LogP contribution in [0.3, 0.4) is 0 Å². The van der Waals surface area contributed by atoms with Crippen LogP contribution in [0.1, 0.15) is 10.4 Å².